The van der Waals surface area contributed by atoms with Gasteiger partial charge in [0.05, 0.1) is 14.4 Å². The Labute approximate surface area is 59.8 Å². The number of hydrogen-bond donors (Lipinski definition) is 0. The molecular formula is C6H6OS2. The van der Waals surface area contributed by atoms with Crippen molar-refractivity contribution in [1.82, 2.24) is 0 Å². The first kappa shape index (κ1) is 6.79. The average molecular weight is 158 g/mol. The van der Waals surface area contributed by atoms with Crippen molar-refractivity contribution in [2.75, 3.05) is 5.75 Å². The fourth-order valence-electron chi connectivity index (χ4n) is 0.680. The Morgan fingerprint density at radius 3 is 2.78 bits per heavy atom. The summed E-state index contributed by atoms with van der Waals surface area (Å²) in [6.45, 7) is 0. The molecule has 0 aromatic carbocycles. The quantitative estimate of drug-likeness (QED) is 0.478. The van der Waals surface area contributed by atoms with Crippen LogP contribution in [0.2, 0.25) is 0 Å². The zero-order valence-corrected chi connectivity index (χ0v) is 6.37. The van der Waals surface area contributed by atoms with Crippen LogP contribution in [-0.4, -0.2) is 9.96 Å². The van der Waals surface area contributed by atoms with Crippen LogP contribution in [0.5, 0.6) is 0 Å². The summed E-state index contributed by atoms with van der Waals surface area (Å²) in [5, 5.41) is 1.55. The Morgan fingerprint density at radius 1 is 1.89 bits per heavy atom. The predicted octanol–water partition coefficient (Wildman–Crippen LogP) is 0.509. The number of hydrogen-bond acceptors (Lipinski definition) is 2. The third-order valence-electron chi connectivity index (χ3n) is 1.14. The molecule has 9 heavy (non-hydrogen) atoms. The largest absolute Gasteiger partial charge is 0.252 e. The van der Waals surface area contributed by atoms with E-state index >= 15 is 0 Å². The van der Waals surface area contributed by atoms with Gasteiger partial charge < -0.3 is 0 Å². The molecule has 0 fully saturated rings. The molecule has 0 amide bonds. The fourth-order valence-corrected chi connectivity index (χ4v) is 2.56. The molecule has 48 valence electrons. The van der Waals surface area contributed by atoms with Crippen LogP contribution in [0.3, 0.4) is 0 Å². The Kier molecular flexibility index (Phi) is 1.60. The van der Waals surface area contributed by atoms with Crippen molar-refractivity contribution < 1.29 is 4.21 Å². The van der Waals surface area contributed by atoms with E-state index in [1.54, 1.807) is 11.5 Å². The molecule has 0 N–H and O–H groups in total. The summed E-state index contributed by atoms with van der Waals surface area (Å²) < 4.78 is 11.0. The molecule has 0 radical (unpaired) electrons. The maximum atomic E-state index is 11.0. The second kappa shape index (κ2) is 2.13. The van der Waals surface area contributed by atoms with Crippen molar-refractivity contribution in [2.45, 2.75) is 0 Å². The molecule has 1 heterocycles. The van der Waals surface area contributed by atoms with Crippen molar-refractivity contribution in [2.24, 2.45) is 5.92 Å². The summed E-state index contributed by atoms with van der Waals surface area (Å²) in [5.41, 5.74) is 0. The molecule has 2 unspecified atom stereocenters. The van der Waals surface area contributed by atoms with Crippen LogP contribution in [-0.2, 0) is 19.7 Å². The van der Waals surface area contributed by atoms with E-state index in [9.17, 15) is 4.21 Å². The van der Waals surface area contributed by atoms with Gasteiger partial charge in [0.2, 0.25) is 0 Å². The molecular weight excluding hydrogens is 152 g/mol. The lowest BCUT2D eigenvalue weighted by Gasteiger charge is -1.93. The van der Waals surface area contributed by atoms with Gasteiger partial charge in [-0.15, -0.1) is 6.42 Å². The lowest BCUT2D eigenvalue weighted by atomic mass is 10.2. The minimum Gasteiger partial charge on any atom is -0.252 e. The lowest BCUT2D eigenvalue weighted by Crippen LogP contribution is -2.00. The summed E-state index contributed by atoms with van der Waals surface area (Å²) in [6.07, 6.45) is 6.83. The number of rotatable bonds is 0. The van der Waals surface area contributed by atoms with Gasteiger partial charge in [0.1, 0.15) is 0 Å². The van der Waals surface area contributed by atoms with Gasteiger partial charge in [0.15, 0.2) is 0 Å². The van der Waals surface area contributed by atoms with Gasteiger partial charge in [-0.05, 0) is 11.2 Å². The maximum Gasteiger partial charge on any atom is 0.0533 e. The smallest absolute Gasteiger partial charge is 0.0533 e. The minimum atomic E-state index is -2.10. The van der Waals surface area contributed by atoms with Crippen LogP contribution >= 0.6 is 0 Å². The second-order valence-corrected chi connectivity index (χ2v) is 5.56. The Morgan fingerprint density at radius 2 is 2.56 bits per heavy atom. The third kappa shape index (κ3) is 1.54. The number of allylic oxidation sites excluding steroid dienone is 1. The monoisotopic (exact) mass is 158 g/mol. The summed E-state index contributed by atoms with van der Waals surface area (Å²) in [7, 11) is -2.10. The molecule has 0 bridgehead atoms. The Hall–Kier alpha value is -0.330. The molecule has 0 saturated carbocycles. The van der Waals surface area contributed by atoms with Crippen LogP contribution in [0.4, 0.5) is 0 Å². The zero-order chi connectivity index (χ0) is 6.91. The van der Waals surface area contributed by atoms with Crippen LogP contribution in [0.15, 0.2) is 11.5 Å². The highest BCUT2D eigenvalue weighted by Gasteiger charge is 2.15. The molecule has 0 aliphatic carbocycles. The van der Waals surface area contributed by atoms with Gasteiger partial charge in [-0.3, -0.25) is 4.21 Å². The molecule has 1 rings (SSSR count). The summed E-state index contributed by atoms with van der Waals surface area (Å²) in [5.74, 6) is 2.95. The first-order valence-corrected chi connectivity index (χ1v) is 5.23. The first-order chi connectivity index (χ1) is 4.14. The van der Waals surface area contributed by atoms with E-state index in [2.05, 4.69) is 5.92 Å². The summed E-state index contributed by atoms with van der Waals surface area (Å²) in [4.78, 5) is 0. The normalized spacial score (nSPS) is 40.6. The van der Waals surface area contributed by atoms with E-state index in [0.717, 1.165) is 0 Å². The molecule has 0 aromatic rings. The van der Waals surface area contributed by atoms with Crippen molar-refractivity contribution in [3.63, 3.8) is 0 Å². The van der Waals surface area contributed by atoms with Gasteiger partial charge in [0, 0.05) is 11.2 Å². The van der Waals surface area contributed by atoms with E-state index in [-0.39, 0.29) is 5.92 Å². The first-order valence-electron chi connectivity index (χ1n) is 2.51. The van der Waals surface area contributed by atoms with E-state index in [4.69, 9.17) is 17.6 Å². The predicted molar refractivity (Wildman–Crippen MR) is 41.8 cm³/mol. The molecule has 1 aliphatic rings. The zero-order valence-electron chi connectivity index (χ0n) is 4.74. The molecule has 3 heteroatoms. The van der Waals surface area contributed by atoms with E-state index in [0.29, 0.717) is 5.75 Å². The van der Waals surface area contributed by atoms with Gasteiger partial charge in [-0.25, -0.2) is 0 Å². The van der Waals surface area contributed by atoms with Crippen LogP contribution in [0.1, 0.15) is 0 Å². The molecule has 1 nitrogen and oxygen atoms in total. The molecule has 1 aliphatic heterocycles. The van der Waals surface area contributed by atoms with Crippen molar-refractivity contribution in [3.8, 4) is 12.3 Å². The fraction of sp³-hybridized carbons (Fsp3) is 0.333. The van der Waals surface area contributed by atoms with E-state index in [1.165, 1.54) is 0 Å². The van der Waals surface area contributed by atoms with Gasteiger partial charge in [-0.2, -0.15) is 0 Å². The topological polar surface area (TPSA) is 17.1 Å². The van der Waals surface area contributed by atoms with Crippen LogP contribution in [0.25, 0.3) is 0 Å². The highest BCUT2D eigenvalue weighted by Crippen LogP contribution is 2.13. The molecule has 0 aromatic heterocycles. The second-order valence-electron chi connectivity index (χ2n) is 1.93. The van der Waals surface area contributed by atoms with Crippen molar-refractivity contribution in [3.05, 3.63) is 11.5 Å². The summed E-state index contributed by atoms with van der Waals surface area (Å²) in [6, 6.07) is 0. The lowest BCUT2D eigenvalue weighted by molar-refractivity contribution is 0.686. The SMILES string of the molecule is C#CC1C=CS(=O)(=S)C1. The Bertz CT molecular complexity index is 266. The van der Waals surface area contributed by atoms with Crippen molar-refractivity contribution >= 4 is 19.7 Å². The molecule has 2 atom stereocenters. The van der Waals surface area contributed by atoms with Crippen molar-refractivity contribution in [1.29, 1.82) is 0 Å². The maximum absolute atomic E-state index is 11.0. The molecule has 0 saturated heterocycles. The molecule has 0 spiro atoms. The number of terminal acetylenes is 1. The Balaban J connectivity index is 2.87. The highest BCUT2D eigenvalue weighted by molar-refractivity contribution is 8.34. The third-order valence-corrected chi connectivity index (χ3v) is 3.28. The van der Waals surface area contributed by atoms with Crippen LogP contribution in [0, 0.1) is 18.3 Å². The van der Waals surface area contributed by atoms with E-state index < -0.39 is 8.49 Å². The standard InChI is InChI=1S/C6H6OS2/c1-2-6-3-4-9(7,8)5-6/h1,3-4,6H,5H2. The average Bonchev–Trinajstić information content (AvgIpc) is 2.10. The van der Waals surface area contributed by atoms with Gasteiger partial charge in [0.25, 0.3) is 0 Å². The van der Waals surface area contributed by atoms with Gasteiger partial charge in [-0.1, -0.05) is 12.0 Å². The summed E-state index contributed by atoms with van der Waals surface area (Å²) >= 11 is 4.70. The van der Waals surface area contributed by atoms with E-state index in [1.807, 2.05) is 0 Å². The highest BCUT2D eigenvalue weighted by atomic mass is 32.8. The van der Waals surface area contributed by atoms with Crippen LogP contribution < -0.4 is 0 Å². The minimum absolute atomic E-state index is 0.00926. The van der Waals surface area contributed by atoms with Gasteiger partial charge >= 0.3 is 0 Å².